The molecule has 1 N–H and O–H groups in total. The first kappa shape index (κ1) is 14.3. The Kier molecular flexibility index (Phi) is 5.04. The van der Waals surface area contributed by atoms with Gasteiger partial charge in [-0.2, -0.15) is 0 Å². The summed E-state index contributed by atoms with van der Waals surface area (Å²) >= 11 is 7.63. The molecule has 3 nitrogen and oxygen atoms in total. The molecule has 0 radical (unpaired) electrons. The first-order chi connectivity index (χ1) is 8.56. The van der Waals surface area contributed by atoms with Crippen LogP contribution in [0.25, 0.3) is 0 Å². The quantitative estimate of drug-likeness (QED) is 0.917. The summed E-state index contributed by atoms with van der Waals surface area (Å²) in [6.45, 7) is 6.69. The molecule has 5 heteroatoms. The van der Waals surface area contributed by atoms with Crippen molar-refractivity contribution in [3.05, 3.63) is 21.3 Å². The minimum atomic E-state index is 0.378. The Hall–Kier alpha value is -0.130. The van der Waals surface area contributed by atoms with Crippen LogP contribution >= 0.6 is 22.9 Å². The third kappa shape index (κ3) is 3.68. The second kappa shape index (κ2) is 6.35. The Morgan fingerprint density at radius 1 is 1.44 bits per heavy atom. The van der Waals surface area contributed by atoms with Crippen LogP contribution in [0.3, 0.4) is 0 Å². The van der Waals surface area contributed by atoms with Gasteiger partial charge in [0.05, 0.1) is 4.34 Å². The van der Waals surface area contributed by atoms with Crippen LogP contribution in [-0.2, 0) is 0 Å². The maximum Gasteiger partial charge on any atom is 0.0931 e. The molecule has 0 aliphatic carbocycles. The molecule has 1 fully saturated rings. The minimum absolute atomic E-state index is 0.378. The van der Waals surface area contributed by atoms with E-state index in [1.54, 1.807) is 11.3 Å². The molecule has 102 valence electrons. The fraction of sp³-hybridized carbons (Fsp3) is 0.692. The fourth-order valence-corrected chi connectivity index (χ4v) is 3.38. The molecule has 0 aromatic carbocycles. The summed E-state index contributed by atoms with van der Waals surface area (Å²) in [6, 6.07) is 5.06. The summed E-state index contributed by atoms with van der Waals surface area (Å²) in [5.41, 5.74) is 0. The molecule has 2 atom stereocenters. The number of hydrogen-bond donors (Lipinski definition) is 1. The van der Waals surface area contributed by atoms with Gasteiger partial charge in [0.2, 0.25) is 0 Å². The summed E-state index contributed by atoms with van der Waals surface area (Å²) in [5.74, 6) is 0. The monoisotopic (exact) mass is 287 g/mol. The Morgan fingerprint density at radius 2 is 2.22 bits per heavy atom. The highest BCUT2D eigenvalue weighted by Crippen LogP contribution is 2.26. The van der Waals surface area contributed by atoms with Crippen molar-refractivity contribution in [2.24, 2.45) is 0 Å². The van der Waals surface area contributed by atoms with E-state index < -0.39 is 0 Å². The molecule has 1 aliphatic heterocycles. The molecule has 0 saturated carbocycles. The second-order valence-electron chi connectivity index (χ2n) is 5.17. The van der Waals surface area contributed by atoms with E-state index in [0.29, 0.717) is 12.1 Å². The van der Waals surface area contributed by atoms with Gasteiger partial charge in [0, 0.05) is 43.1 Å². The maximum atomic E-state index is 5.97. The van der Waals surface area contributed by atoms with Crippen LogP contribution in [0, 0.1) is 0 Å². The van der Waals surface area contributed by atoms with Crippen molar-refractivity contribution >= 4 is 22.9 Å². The Labute approximate surface area is 119 Å². The number of hydrogen-bond acceptors (Lipinski definition) is 4. The number of piperazine rings is 1. The zero-order chi connectivity index (χ0) is 13.1. The predicted octanol–water partition coefficient (Wildman–Crippen LogP) is 2.30. The van der Waals surface area contributed by atoms with Gasteiger partial charge in [-0.1, -0.05) is 11.6 Å². The summed E-state index contributed by atoms with van der Waals surface area (Å²) in [4.78, 5) is 6.16. The maximum absolute atomic E-state index is 5.97. The average molecular weight is 288 g/mol. The molecule has 1 aromatic rings. The number of likely N-dealkylation sites (N-methyl/N-ethyl adjacent to an activating group) is 2. The van der Waals surface area contributed by atoms with Crippen LogP contribution in [-0.4, -0.2) is 56.1 Å². The molecule has 2 rings (SSSR count). The third-order valence-electron chi connectivity index (χ3n) is 3.66. The van der Waals surface area contributed by atoms with Crippen LogP contribution in [0.2, 0.25) is 4.34 Å². The smallest absolute Gasteiger partial charge is 0.0931 e. The Morgan fingerprint density at radius 3 is 2.89 bits per heavy atom. The SMILES string of the molecule is CC(NCC1CN(C)CCN1C)c1ccc(Cl)s1. The van der Waals surface area contributed by atoms with Crippen molar-refractivity contribution in [1.29, 1.82) is 0 Å². The summed E-state index contributed by atoms with van der Waals surface area (Å²) < 4.78 is 0.869. The van der Waals surface area contributed by atoms with Crippen molar-refractivity contribution in [1.82, 2.24) is 15.1 Å². The molecule has 18 heavy (non-hydrogen) atoms. The van der Waals surface area contributed by atoms with Gasteiger partial charge in [-0.3, -0.25) is 4.90 Å². The van der Waals surface area contributed by atoms with Crippen LogP contribution < -0.4 is 5.32 Å². The van der Waals surface area contributed by atoms with Crippen LogP contribution in [0.4, 0.5) is 0 Å². The zero-order valence-corrected chi connectivity index (χ0v) is 12.9. The Bertz CT molecular complexity index is 382. The van der Waals surface area contributed by atoms with E-state index in [0.717, 1.165) is 24.0 Å². The first-order valence-corrected chi connectivity index (χ1v) is 7.63. The van der Waals surface area contributed by atoms with Crippen LogP contribution in [0.1, 0.15) is 17.8 Å². The highest BCUT2D eigenvalue weighted by molar-refractivity contribution is 7.16. The number of nitrogens with one attached hydrogen (secondary N) is 1. The standard InChI is InChI=1S/C13H22ClN3S/c1-10(12-4-5-13(14)18-12)15-8-11-9-16(2)6-7-17(11)3/h4-5,10-11,15H,6-9H2,1-3H3. The van der Waals surface area contributed by atoms with Gasteiger partial charge in [0.25, 0.3) is 0 Å². The minimum Gasteiger partial charge on any atom is -0.308 e. The average Bonchev–Trinajstić information content (AvgIpc) is 2.77. The molecule has 2 heterocycles. The van der Waals surface area contributed by atoms with Crippen LogP contribution in [0.15, 0.2) is 12.1 Å². The molecule has 0 amide bonds. The van der Waals surface area contributed by atoms with Crippen molar-refractivity contribution in [3.8, 4) is 0 Å². The number of nitrogens with zero attached hydrogens (tertiary/aromatic N) is 2. The molecule has 0 bridgehead atoms. The van der Waals surface area contributed by atoms with Gasteiger partial charge in [-0.25, -0.2) is 0 Å². The van der Waals surface area contributed by atoms with Crippen LogP contribution in [0.5, 0.6) is 0 Å². The van der Waals surface area contributed by atoms with Crippen molar-refractivity contribution in [2.75, 3.05) is 40.3 Å². The van der Waals surface area contributed by atoms with E-state index in [4.69, 9.17) is 11.6 Å². The van der Waals surface area contributed by atoms with Gasteiger partial charge < -0.3 is 10.2 Å². The van der Waals surface area contributed by atoms with Crippen molar-refractivity contribution in [3.63, 3.8) is 0 Å². The van der Waals surface area contributed by atoms with Gasteiger partial charge in [-0.05, 0) is 33.2 Å². The fourth-order valence-electron chi connectivity index (χ4n) is 2.30. The molecule has 0 spiro atoms. The van der Waals surface area contributed by atoms with E-state index in [-0.39, 0.29) is 0 Å². The molecule has 1 aromatic heterocycles. The lowest BCUT2D eigenvalue weighted by Gasteiger charge is -2.38. The van der Waals surface area contributed by atoms with Crippen molar-refractivity contribution < 1.29 is 0 Å². The lowest BCUT2D eigenvalue weighted by molar-refractivity contribution is 0.112. The first-order valence-electron chi connectivity index (χ1n) is 6.43. The zero-order valence-electron chi connectivity index (χ0n) is 11.3. The van der Waals surface area contributed by atoms with E-state index in [9.17, 15) is 0 Å². The van der Waals surface area contributed by atoms with Gasteiger partial charge in [0.1, 0.15) is 0 Å². The number of thiophene rings is 1. The van der Waals surface area contributed by atoms with E-state index in [1.165, 1.54) is 11.4 Å². The van der Waals surface area contributed by atoms with Gasteiger partial charge in [-0.15, -0.1) is 11.3 Å². The van der Waals surface area contributed by atoms with E-state index >= 15 is 0 Å². The predicted molar refractivity (Wildman–Crippen MR) is 79.7 cm³/mol. The summed E-state index contributed by atoms with van der Waals surface area (Å²) in [5, 5.41) is 3.62. The molecule has 2 unspecified atom stereocenters. The summed E-state index contributed by atoms with van der Waals surface area (Å²) in [7, 11) is 4.41. The molecule has 1 saturated heterocycles. The third-order valence-corrected chi connectivity index (χ3v) is 5.07. The molecule has 1 aliphatic rings. The van der Waals surface area contributed by atoms with Gasteiger partial charge >= 0.3 is 0 Å². The largest absolute Gasteiger partial charge is 0.308 e. The highest BCUT2D eigenvalue weighted by Gasteiger charge is 2.22. The highest BCUT2D eigenvalue weighted by atomic mass is 35.5. The van der Waals surface area contributed by atoms with E-state index in [2.05, 4.69) is 42.2 Å². The normalized spacial score (nSPS) is 24.3. The molecular formula is C13H22ClN3S. The second-order valence-corrected chi connectivity index (χ2v) is 6.92. The topological polar surface area (TPSA) is 18.5 Å². The lowest BCUT2D eigenvalue weighted by atomic mass is 10.1. The van der Waals surface area contributed by atoms with E-state index in [1.807, 2.05) is 6.07 Å². The van der Waals surface area contributed by atoms with Gasteiger partial charge in [0.15, 0.2) is 0 Å². The lowest BCUT2D eigenvalue weighted by Crippen LogP contribution is -2.53. The number of rotatable bonds is 4. The Balaban J connectivity index is 1.83. The molecular weight excluding hydrogens is 266 g/mol. The van der Waals surface area contributed by atoms with Crippen molar-refractivity contribution in [2.45, 2.75) is 19.0 Å². The summed E-state index contributed by atoms with van der Waals surface area (Å²) in [6.07, 6.45) is 0. The number of halogens is 1.